The van der Waals surface area contributed by atoms with E-state index in [9.17, 15) is 9.59 Å². The smallest absolute Gasteiger partial charge is 0.333 e. The predicted octanol–water partition coefficient (Wildman–Crippen LogP) is 4.55. The SMILES string of the molecule is C=C(C)C(=O)OCc1cn(-c2ccc(C(=O)/C=C/c3ccc(Br)cc3)cc2)nn1. The summed E-state index contributed by atoms with van der Waals surface area (Å²) in [5.41, 5.74) is 3.09. The quantitative estimate of drug-likeness (QED) is 0.299. The van der Waals surface area contributed by atoms with Gasteiger partial charge >= 0.3 is 5.97 Å². The van der Waals surface area contributed by atoms with E-state index in [1.165, 1.54) is 0 Å². The number of ether oxygens (including phenoxy) is 1. The number of ketones is 1. The van der Waals surface area contributed by atoms with E-state index in [0.29, 0.717) is 16.8 Å². The molecule has 0 atom stereocenters. The second kappa shape index (κ2) is 9.25. The Bertz CT molecular complexity index is 1070. The summed E-state index contributed by atoms with van der Waals surface area (Å²) in [5, 5.41) is 7.99. The van der Waals surface area contributed by atoms with Crippen molar-refractivity contribution in [2.24, 2.45) is 0 Å². The van der Waals surface area contributed by atoms with Gasteiger partial charge in [0.25, 0.3) is 0 Å². The Morgan fingerprint density at radius 3 is 2.48 bits per heavy atom. The van der Waals surface area contributed by atoms with Gasteiger partial charge in [0.05, 0.1) is 11.9 Å². The zero-order valence-electron chi connectivity index (χ0n) is 15.7. The lowest BCUT2D eigenvalue weighted by Gasteiger charge is -2.02. The van der Waals surface area contributed by atoms with Crippen LogP contribution < -0.4 is 0 Å². The van der Waals surface area contributed by atoms with Crippen LogP contribution in [0.15, 0.2) is 77.4 Å². The zero-order chi connectivity index (χ0) is 20.8. The number of esters is 1. The van der Waals surface area contributed by atoms with E-state index >= 15 is 0 Å². The number of halogens is 1. The van der Waals surface area contributed by atoms with Crippen molar-refractivity contribution in [3.05, 3.63) is 94.2 Å². The molecule has 29 heavy (non-hydrogen) atoms. The molecule has 0 unspecified atom stereocenters. The fraction of sp³-hybridized carbons (Fsp3) is 0.0909. The summed E-state index contributed by atoms with van der Waals surface area (Å²) in [7, 11) is 0. The molecule has 0 aliphatic heterocycles. The van der Waals surface area contributed by atoms with Crippen molar-refractivity contribution in [1.82, 2.24) is 15.0 Å². The topological polar surface area (TPSA) is 74.1 Å². The third-order valence-electron chi connectivity index (χ3n) is 3.95. The maximum Gasteiger partial charge on any atom is 0.333 e. The summed E-state index contributed by atoms with van der Waals surface area (Å²) < 4.78 is 7.59. The molecular weight excluding hydrogens is 434 g/mol. The average Bonchev–Trinajstić information content (AvgIpc) is 3.20. The molecule has 0 N–H and O–H groups in total. The minimum Gasteiger partial charge on any atom is -0.456 e. The third-order valence-corrected chi connectivity index (χ3v) is 4.48. The molecule has 6 nitrogen and oxygen atoms in total. The fourth-order valence-electron chi connectivity index (χ4n) is 2.37. The van der Waals surface area contributed by atoms with Crippen molar-refractivity contribution in [3.8, 4) is 5.69 Å². The van der Waals surface area contributed by atoms with Gasteiger partial charge in [0.15, 0.2) is 5.78 Å². The van der Waals surface area contributed by atoms with Gasteiger partial charge in [0, 0.05) is 15.6 Å². The highest BCUT2D eigenvalue weighted by Gasteiger charge is 2.08. The number of benzene rings is 2. The third kappa shape index (κ3) is 5.58. The second-order valence-corrected chi connectivity index (χ2v) is 7.22. The minimum absolute atomic E-state index is 0.0170. The lowest BCUT2D eigenvalue weighted by atomic mass is 10.1. The first-order valence-corrected chi connectivity index (χ1v) is 9.54. The molecule has 0 aliphatic carbocycles. The first-order chi connectivity index (χ1) is 13.9. The van der Waals surface area contributed by atoms with Gasteiger partial charge in [-0.25, -0.2) is 9.48 Å². The molecule has 146 valence electrons. The van der Waals surface area contributed by atoms with E-state index < -0.39 is 5.97 Å². The van der Waals surface area contributed by atoms with Crippen LogP contribution in [-0.4, -0.2) is 26.7 Å². The molecule has 7 heteroatoms. The van der Waals surface area contributed by atoms with Crippen LogP contribution in [0.2, 0.25) is 0 Å². The van der Waals surface area contributed by atoms with Gasteiger partial charge in [0.2, 0.25) is 0 Å². The number of nitrogens with zero attached hydrogens (tertiary/aromatic N) is 3. The van der Waals surface area contributed by atoms with Crippen molar-refractivity contribution >= 4 is 33.8 Å². The second-order valence-electron chi connectivity index (χ2n) is 6.31. The molecule has 2 aromatic carbocycles. The maximum atomic E-state index is 12.4. The van der Waals surface area contributed by atoms with Gasteiger partial charge in [-0.1, -0.05) is 45.9 Å². The molecule has 1 heterocycles. The molecule has 0 bridgehead atoms. The molecule has 1 aromatic heterocycles. The van der Waals surface area contributed by atoms with Gasteiger partial charge in [-0.3, -0.25) is 4.79 Å². The summed E-state index contributed by atoms with van der Waals surface area (Å²) in [5.74, 6) is -0.566. The van der Waals surface area contributed by atoms with Crippen LogP contribution in [0.1, 0.15) is 28.5 Å². The molecule has 0 aliphatic rings. The van der Waals surface area contributed by atoms with Crippen molar-refractivity contribution in [1.29, 1.82) is 0 Å². The van der Waals surface area contributed by atoms with E-state index in [1.807, 2.05) is 24.3 Å². The molecular formula is C22H18BrN3O3. The Balaban J connectivity index is 1.64. The molecule has 0 radical (unpaired) electrons. The molecule has 0 saturated carbocycles. The number of hydrogen-bond acceptors (Lipinski definition) is 5. The highest BCUT2D eigenvalue weighted by molar-refractivity contribution is 9.10. The molecule has 0 saturated heterocycles. The zero-order valence-corrected chi connectivity index (χ0v) is 17.3. The normalized spacial score (nSPS) is 10.8. The number of rotatable bonds is 7. The van der Waals surface area contributed by atoms with Crippen LogP contribution in [0.3, 0.4) is 0 Å². The Kier molecular flexibility index (Phi) is 6.51. The lowest BCUT2D eigenvalue weighted by Crippen LogP contribution is -2.04. The van der Waals surface area contributed by atoms with Crippen LogP contribution in [0.5, 0.6) is 0 Å². The first-order valence-electron chi connectivity index (χ1n) is 8.74. The Morgan fingerprint density at radius 2 is 1.83 bits per heavy atom. The predicted molar refractivity (Wildman–Crippen MR) is 113 cm³/mol. The van der Waals surface area contributed by atoms with E-state index in [4.69, 9.17) is 4.74 Å². The number of aromatic nitrogens is 3. The fourth-order valence-corrected chi connectivity index (χ4v) is 2.64. The largest absolute Gasteiger partial charge is 0.456 e. The van der Waals surface area contributed by atoms with Crippen molar-refractivity contribution in [2.75, 3.05) is 0 Å². The Morgan fingerprint density at radius 1 is 1.14 bits per heavy atom. The van der Waals surface area contributed by atoms with E-state index in [2.05, 4.69) is 32.8 Å². The van der Waals surface area contributed by atoms with Crippen LogP contribution in [0.25, 0.3) is 11.8 Å². The summed E-state index contributed by atoms with van der Waals surface area (Å²) in [6, 6.07) is 14.7. The standard InChI is InChI=1S/C22H18BrN3O3/c1-15(2)22(28)29-14-19-13-26(25-24-19)20-10-6-17(7-11-20)21(27)12-5-16-3-8-18(23)9-4-16/h3-13H,1,14H2,2H3/b12-5+. The maximum absolute atomic E-state index is 12.4. The van der Waals surface area contributed by atoms with Crippen LogP contribution >= 0.6 is 15.9 Å². The van der Waals surface area contributed by atoms with Crippen LogP contribution in [0, 0.1) is 0 Å². The Hall–Kier alpha value is -3.32. The van der Waals surface area contributed by atoms with Crippen molar-refractivity contribution in [2.45, 2.75) is 13.5 Å². The summed E-state index contributed by atoms with van der Waals surface area (Å²) >= 11 is 3.38. The molecule has 0 amide bonds. The lowest BCUT2D eigenvalue weighted by molar-refractivity contribution is -0.140. The van der Waals surface area contributed by atoms with Crippen molar-refractivity contribution < 1.29 is 14.3 Å². The van der Waals surface area contributed by atoms with Gasteiger partial charge in [-0.05, 0) is 55.0 Å². The van der Waals surface area contributed by atoms with Gasteiger partial charge in [0.1, 0.15) is 12.3 Å². The monoisotopic (exact) mass is 451 g/mol. The van der Waals surface area contributed by atoms with Crippen molar-refractivity contribution in [3.63, 3.8) is 0 Å². The summed E-state index contributed by atoms with van der Waals surface area (Å²) in [6.45, 7) is 5.12. The minimum atomic E-state index is -0.474. The summed E-state index contributed by atoms with van der Waals surface area (Å²) in [6.07, 6.45) is 4.98. The van der Waals surface area contributed by atoms with Crippen LogP contribution in [0.4, 0.5) is 0 Å². The Labute approximate surface area is 176 Å². The number of hydrogen-bond donors (Lipinski definition) is 0. The molecule has 3 aromatic rings. The number of carbonyl (C=O) groups excluding carboxylic acids is 2. The molecule has 0 fully saturated rings. The average molecular weight is 452 g/mol. The van der Waals surface area contributed by atoms with Gasteiger partial charge in [-0.2, -0.15) is 0 Å². The summed E-state index contributed by atoms with van der Waals surface area (Å²) in [4.78, 5) is 23.8. The van der Waals surface area contributed by atoms with Crippen LogP contribution in [-0.2, 0) is 16.1 Å². The number of allylic oxidation sites excluding steroid dienone is 1. The van der Waals surface area contributed by atoms with E-state index in [0.717, 1.165) is 15.7 Å². The molecule has 0 spiro atoms. The first kappa shape index (κ1) is 20.4. The van der Waals surface area contributed by atoms with E-state index in [-0.39, 0.29) is 12.4 Å². The van der Waals surface area contributed by atoms with E-state index in [1.54, 1.807) is 54.2 Å². The van der Waals surface area contributed by atoms with Gasteiger partial charge < -0.3 is 4.74 Å². The molecule has 3 rings (SSSR count). The highest BCUT2D eigenvalue weighted by atomic mass is 79.9. The highest BCUT2D eigenvalue weighted by Crippen LogP contribution is 2.14. The number of carbonyl (C=O) groups is 2. The van der Waals surface area contributed by atoms with Gasteiger partial charge in [-0.15, -0.1) is 5.10 Å².